The summed E-state index contributed by atoms with van der Waals surface area (Å²) in [4.78, 5) is 11.7. The van der Waals surface area contributed by atoms with Gasteiger partial charge in [-0.1, -0.05) is 12.8 Å². The number of hydrogen-bond donors (Lipinski definition) is 1. The van der Waals surface area contributed by atoms with Gasteiger partial charge in [-0.05, 0) is 38.7 Å². The number of nitrogens with zero attached hydrogens (tertiary/aromatic N) is 2. The molecule has 5 heteroatoms. The second kappa shape index (κ2) is 6.31. The predicted octanol–water partition coefficient (Wildman–Crippen LogP) is 4.71. The SMILES string of the molecule is CCNc1nc(SCC2CCCC2)c2cc(C)sc2n1. The van der Waals surface area contributed by atoms with Crippen molar-refractivity contribution in [2.75, 3.05) is 17.6 Å². The van der Waals surface area contributed by atoms with E-state index in [1.54, 1.807) is 11.3 Å². The van der Waals surface area contributed by atoms with Crippen LogP contribution in [0.1, 0.15) is 37.5 Å². The number of thiophene rings is 1. The summed E-state index contributed by atoms with van der Waals surface area (Å²) in [5.74, 6) is 2.86. The maximum absolute atomic E-state index is 4.71. The third-order valence-electron chi connectivity index (χ3n) is 3.75. The lowest BCUT2D eigenvalue weighted by atomic mass is 10.1. The largest absolute Gasteiger partial charge is 0.354 e. The average molecular weight is 307 g/mol. The molecule has 1 aliphatic carbocycles. The van der Waals surface area contributed by atoms with Crippen molar-refractivity contribution in [2.45, 2.75) is 44.6 Å². The monoisotopic (exact) mass is 307 g/mol. The third-order valence-corrected chi connectivity index (χ3v) is 5.91. The van der Waals surface area contributed by atoms with Crippen molar-refractivity contribution in [2.24, 2.45) is 5.92 Å². The zero-order valence-corrected chi connectivity index (χ0v) is 13.7. The predicted molar refractivity (Wildman–Crippen MR) is 89.0 cm³/mol. The van der Waals surface area contributed by atoms with Crippen LogP contribution in [0.2, 0.25) is 0 Å². The van der Waals surface area contributed by atoms with Gasteiger partial charge in [0.25, 0.3) is 0 Å². The number of aromatic nitrogens is 2. The summed E-state index contributed by atoms with van der Waals surface area (Å²) >= 11 is 3.68. The first-order valence-corrected chi connectivity index (χ1v) is 9.21. The zero-order chi connectivity index (χ0) is 13.9. The number of fused-ring (bicyclic) bond motifs is 1. The fourth-order valence-electron chi connectivity index (χ4n) is 2.74. The van der Waals surface area contributed by atoms with Gasteiger partial charge in [-0.25, -0.2) is 9.97 Å². The summed E-state index contributed by atoms with van der Waals surface area (Å²) in [6.07, 6.45) is 5.60. The van der Waals surface area contributed by atoms with Crippen molar-refractivity contribution in [3.8, 4) is 0 Å². The normalized spacial score (nSPS) is 16.1. The molecule has 0 aromatic carbocycles. The summed E-state index contributed by atoms with van der Waals surface area (Å²) in [7, 11) is 0. The molecule has 1 saturated carbocycles. The minimum absolute atomic E-state index is 0.774. The van der Waals surface area contributed by atoms with E-state index in [0.717, 1.165) is 28.3 Å². The van der Waals surface area contributed by atoms with Crippen LogP contribution in [0.3, 0.4) is 0 Å². The first-order chi connectivity index (χ1) is 9.76. The molecule has 108 valence electrons. The topological polar surface area (TPSA) is 37.8 Å². The van der Waals surface area contributed by atoms with Crippen LogP contribution < -0.4 is 5.32 Å². The second-order valence-corrected chi connectivity index (χ2v) is 7.66. The molecule has 3 nitrogen and oxygen atoms in total. The molecular formula is C15H21N3S2. The molecule has 20 heavy (non-hydrogen) atoms. The lowest BCUT2D eigenvalue weighted by Crippen LogP contribution is -2.03. The highest BCUT2D eigenvalue weighted by Gasteiger charge is 2.17. The van der Waals surface area contributed by atoms with Crippen molar-refractivity contribution in [1.82, 2.24) is 9.97 Å². The molecule has 2 aromatic rings. The zero-order valence-electron chi connectivity index (χ0n) is 12.1. The van der Waals surface area contributed by atoms with E-state index in [0.29, 0.717) is 0 Å². The van der Waals surface area contributed by atoms with Crippen molar-refractivity contribution in [3.05, 3.63) is 10.9 Å². The highest BCUT2D eigenvalue weighted by molar-refractivity contribution is 7.99. The Morgan fingerprint density at radius 1 is 1.35 bits per heavy atom. The van der Waals surface area contributed by atoms with E-state index in [2.05, 4.69) is 30.2 Å². The molecule has 0 amide bonds. The molecular weight excluding hydrogens is 286 g/mol. The smallest absolute Gasteiger partial charge is 0.225 e. The molecule has 2 heterocycles. The molecule has 3 rings (SSSR count). The standard InChI is InChI=1S/C15H21N3S2/c1-3-16-15-17-13(19-9-11-6-4-5-7-11)12-8-10(2)20-14(12)18-15/h8,11H,3-7,9H2,1-2H3,(H,16,17,18). The quantitative estimate of drug-likeness (QED) is 0.641. The molecule has 1 aliphatic rings. The highest BCUT2D eigenvalue weighted by atomic mass is 32.2. The van der Waals surface area contributed by atoms with Crippen molar-refractivity contribution < 1.29 is 0 Å². The van der Waals surface area contributed by atoms with Crippen LogP contribution in [-0.2, 0) is 0 Å². The first-order valence-electron chi connectivity index (χ1n) is 7.41. The fourth-order valence-corrected chi connectivity index (χ4v) is 4.87. The molecule has 0 radical (unpaired) electrons. The Morgan fingerprint density at radius 3 is 2.90 bits per heavy atom. The van der Waals surface area contributed by atoms with E-state index in [-0.39, 0.29) is 0 Å². The van der Waals surface area contributed by atoms with Crippen LogP contribution in [-0.4, -0.2) is 22.3 Å². The number of aryl methyl sites for hydroxylation is 1. The van der Waals surface area contributed by atoms with Crippen molar-refractivity contribution in [3.63, 3.8) is 0 Å². The summed E-state index contributed by atoms with van der Waals surface area (Å²) in [6, 6.07) is 2.23. The van der Waals surface area contributed by atoms with E-state index >= 15 is 0 Å². The van der Waals surface area contributed by atoms with E-state index in [4.69, 9.17) is 4.98 Å². The van der Waals surface area contributed by atoms with E-state index in [1.165, 1.54) is 41.7 Å². The minimum atomic E-state index is 0.774. The molecule has 0 unspecified atom stereocenters. The van der Waals surface area contributed by atoms with Gasteiger partial charge in [0, 0.05) is 22.6 Å². The van der Waals surface area contributed by atoms with Gasteiger partial charge in [-0.2, -0.15) is 0 Å². The van der Waals surface area contributed by atoms with Gasteiger partial charge in [0.2, 0.25) is 5.95 Å². The molecule has 0 saturated heterocycles. The summed E-state index contributed by atoms with van der Waals surface area (Å²) in [5.41, 5.74) is 0. The molecule has 0 bridgehead atoms. The molecule has 0 aliphatic heterocycles. The van der Waals surface area contributed by atoms with Gasteiger partial charge in [0.1, 0.15) is 9.86 Å². The average Bonchev–Trinajstić information content (AvgIpc) is 3.04. The summed E-state index contributed by atoms with van der Waals surface area (Å²) in [5, 5.41) is 5.64. The Kier molecular flexibility index (Phi) is 4.46. The third kappa shape index (κ3) is 3.09. The van der Waals surface area contributed by atoms with E-state index in [1.807, 2.05) is 11.8 Å². The number of thioether (sulfide) groups is 1. The Balaban J connectivity index is 1.85. The number of nitrogens with one attached hydrogen (secondary N) is 1. The van der Waals surface area contributed by atoms with Crippen LogP contribution in [0.15, 0.2) is 11.1 Å². The molecule has 1 N–H and O–H groups in total. The van der Waals surface area contributed by atoms with Crippen LogP contribution >= 0.6 is 23.1 Å². The second-order valence-electron chi connectivity index (χ2n) is 5.42. The van der Waals surface area contributed by atoms with Crippen LogP contribution in [0.4, 0.5) is 5.95 Å². The van der Waals surface area contributed by atoms with E-state index in [9.17, 15) is 0 Å². The maximum Gasteiger partial charge on any atom is 0.225 e. The molecule has 0 atom stereocenters. The van der Waals surface area contributed by atoms with Gasteiger partial charge in [0.05, 0.1) is 0 Å². The van der Waals surface area contributed by atoms with Crippen molar-refractivity contribution >= 4 is 39.3 Å². The molecule has 1 fully saturated rings. The molecule has 0 spiro atoms. The summed E-state index contributed by atoms with van der Waals surface area (Å²) < 4.78 is 0. The summed E-state index contributed by atoms with van der Waals surface area (Å²) in [6.45, 7) is 5.09. The van der Waals surface area contributed by atoms with E-state index < -0.39 is 0 Å². The van der Waals surface area contributed by atoms with Gasteiger partial charge in [-0.3, -0.25) is 0 Å². The number of anilines is 1. The lowest BCUT2D eigenvalue weighted by Gasteiger charge is -2.09. The number of rotatable bonds is 5. The highest BCUT2D eigenvalue weighted by Crippen LogP contribution is 2.35. The van der Waals surface area contributed by atoms with Crippen LogP contribution in [0, 0.1) is 12.8 Å². The first kappa shape index (κ1) is 14.1. The Bertz CT molecular complexity index is 588. The lowest BCUT2D eigenvalue weighted by molar-refractivity contribution is 0.623. The number of hydrogen-bond acceptors (Lipinski definition) is 5. The minimum Gasteiger partial charge on any atom is -0.354 e. The van der Waals surface area contributed by atoms with Gasteiger partial charge < -0.3 is 5.32 Å². The Hall–Kier alpha value is -0.810. The molecule has 2 aromatic heterocycles. The van der Waals surface area contributed by atoms with Gasteiger partial charge in [-0.15, -0.1) is 23.1 Å². The van der Waals surface area contributed by atoms with Crippen molar-refractivity contribution in [1.29, 1.82) is 0 Å². The Morgan fingerprint density at radius 2 is 2.15 bits per heavy atom. The van der Waals surface area contributed by atoms with Gasteiger partial charge in [0.15, 0.2) is 0 Å². The fraction of sp³-hybridized carbons (Fsp3) is 0.600. The Labute approximate surface area is 128 Å². The van der Waals surface area contributed by atoms with Crippen LogP contribution in [0.5, 0.6) is 0 Å². The van der Waals surface area contributed by atoms with Crippen LogP contribution in [0.25, 0.3) is 10.2 Å². The van der Waals surface area contributed by atoms with Gasteiger partial charge >= 0.3 is 0 Å². The maximum atomic E-state index is 4.71.